The molecule has 0 amide bonds. The minimum absolute atomic E-state index is 0.422. The summed E-state index contributed by atoms with van der Waals surface area (Å²) in [5.41, 5.74) is 2.66. The van der Waals surface area contributed by atoms with E-state index in [0.29, 0.717) is 5.37 Å². The maximum Gasteiger partial charge on any atom is 0.0784 e. The topological polar surface area (TPSA) is 12.0 Å². The predicted molar refractivity (Wildman–Crippen MR) is 92.9 cm³/mol. The Hall–Kier alpha value is -0.730. The Morgan fingerprint density at radius 2 is 1.58 bits per heavy atom. The largest absolute Gasteiger partial charge is 0.305 e. The van der Waals surface area contributed by atoms with E-state index in [1.54, 1.807) is 0 Å². The number of unbranched alkanes of at least 4 members (excludes halogenated alkanes) is 2. The molecule has 2 heteroatoms. The van der Waals surface area contributed by atoms with E-state index in [1.165, 1.54) is 30.4 Å². The Morgan fingerprint density at radius 1 is 1.11 bits per heavy atom. The van der Waals surface area contributed by atoms with Crippen molar-refractivity contribution >= 4 is 11.8 Å². The van der Waals surface area contributed by atoms with Gasteiger partial charge < -0.3 is 5.32 Å². The Bertz CT molecular complexity index is 276. The summed E-state index contributed by atoms with van der Waals surface area (Å²) < 4.78 is 0. The summed E-state index contributed by atoms with van der Waals surface area (Å²) in [5, 5.41) is 3.67. The van der Waals surface area contributed by atoms with Crippen molar-refractivity contribution in [2.45, 2.75) is 45.4 Å². The van der Waals surface area contributed by atoms with Crippen LogP contribution in [0.5, 0.6) is 0 Å². The summed E-state index contributed by atoms with van der Waals surface area (Å²) >= 11 is 1.82. The first kappa shape index (κ1) is 20.6. The van der Waals surface area contributed by atoms with E-state index < -0.39 is 0 Å². The number of nitrogens with one attached hydrogen (secondary N) is 1. The highest BCUT2D eigenvalue weighted by atomic mass is 32.2. The zero-order valence-electron chi connectivity index (χ0n) is 13.3. The molecule has 1 unspecified atom stereocenters. The molecule has 0 saturated carbocycles. The molecular formula is C17H31NS. The van der Waals surface area contributed by atoms with E-state index in [4.69, 9.17) is 0 Å². The van der Waals surface area contributed by atoms with E-state index in [1.807, 2.05) is 18.8 Å². The molecule has 0 heterocycles. The standard InChI is InChI=1S/C10H15NS.C5H12.C2H4/c1-8-4-6-9(7-5-8)10(11-2)12-3;1-3-5-4-2;1-2/h4-7,10-11H,1-3H3;3-5H2,1-2H3;1-2H2. The van der Waals surface area contributed by atoms with Gasteiger partial charge in [-0.05, 0) is 25.8 Å². The number of aryl methyl sites for hydroxylation is 1. The van der Waals surface area contributed by atoms with Gasteiger partial charge in [-0.15, -0.1) is 24.9 Å². The molecule has 0 bridgehead atoms. The second kappa shape index (κ2) is 15.3. The zero-order valence-corrected chi connectivity index (χ0v) is 14.1. The average molecular weight is 282 g/mol. The van der Waals surface area contributed by atoms with Crippen LogP contribution in [-0.4, -0.2) is 13.3 Å². The van der Waals surface area contributed by atoms with Crippen molar-refractivity contribution in [1.29, 1.82) is 0 Å². The summed E-state index contributed by atoms with van der Waals surface area (Å²) in [6, 6.07) is 8.64. The van der Waals surface area contributed by atoms with Crippen molar-refractivity contribution in [2.75, 3.05) is 13.3 Å². The van der Waals surface area contributed by atoms with E-state index in [-0.39, 0.29) is 0 Å². The number of benzene rings is 1. The molecule has 0 fully saturated rings. The zero-order chi connectivity index (χ0) is 15.1. The van der Waals surface area contributed by atoms with E-state index in [9.17, 15) is 0 Å². The van der Waals surface area contributed by atoms with Crippen LogP contribution in [0.1, 0.15) is 49.6 Å². The van der Waals surface area contributed by atoms with Crippen LogP contribution in [-0.2, 0) is 0 Å². The number of hydrogen-bond acceptors (Lipinski definition) is 2. The van der Waals surface area contributed by atoms with Crippen molar-refractivity contribution in [3.8, 4) is 0 Å². The van der Waals surface area contributed by atoms with Gasteiger partial charge in [-0.1, -0.05) is 62.9 Å². The van der Waals surface area contributed by atoms with Crippen molar-refractivity contribution in [1.82, 2.24) is 5.32 Å². The summed E-state index contributed by atoms with van der Waals surface area (Å²) in [7, 11) is 1.99. The van der Waals surface area contributed by atoms with Crippen LogP contribution in [0.4, 0.5) is 0 Å². The van der Waals surface area contributed by atoms with E-state index >= 15 is 0 Å². The fourth-order valence-electron chi connectivity index (χ4n) is 1.52. The van der Waals surface area contributed by atoms with Crippen molar-refractivity contribution in [2.24, 2.45) is 0 Å². The van der Waals surface area contributed by atoms with Crippen LogP contribution in [0.3, 0.4) is 0 Å². The lowest BCUT2D eigenvalue weighted by Crippen LogP contribution is -2.11. The van der Waals surface area contributed by atoms with Gasteiger partial charge in [-0.2, -0.15) is 0 Å². The molecule has 0 radical (unpaired) electrons. The minimum atomic E-state index is 0.422. The molecule has 0 aliphatic carbocycles. The first-order valence-electron chi connectivity index (χ1n) is 6.96. The highest BCUT2D eigenvalue weighted by Gasteiger charge is 2.04. The van der Waals surface area contributed by atoms with Gasteiger partial charge in [0.25, 0.3) is 0 Å². The molecule has 1 nitrogen and oxygen atoms in total. The molecule has 1 N–H and O–H groups in total. The highest BCUT2D eigenvalue weighted by molar-refractivity contribution is 7.98. The number of hydrogen-bond donors (Lipinski definition) is 1. The quantitative estimate of drug-likeness (QED) is 0.559. The maximum absolute atomic E-state index is 3.25. The number of thioether (sulfide) groups is 1. The molecule has 19 heavy (non-hydrogen) atoms. The lowest BCUT2D eigenvalue weighted by atomic mass is 10.1. The van der Waals surface area contributed by atoms with Gasteiger partial charge in [0.15, 0.2) is 0 Å². The van der Waals surface area contributed by atoms with Crippen LogP contribution in [0.25, 0.3) is 0 Å². The molecule has 0 aliphatic heterocycles. The minimum Gasteiger partial charge on any atom is -0.305 e. The van der Waals surface area contributed by atoms with Gasteiger partial charge in [0.05, 0.1) is 5.37 Å². The first-order valence-corrected chi connectivity index (χ1v) is 8.24. The molecule has 110 valence electrons. The Labute approximate surface area is 124 Å². The lowest BCUT2D eigenvalue weighted by molar-refractivity contribution is 0.772. The van der Waals surface area contributed by atoms with Gasteiger partial charge in [0.2, 0.25) is 0 Å². The van der Waals surface area contributed by atoms with Crippen molar-refractivity contribution in [3.63, 3.8) is 0 Å². The molecule has 0 spiro atoms. The average Bonchev–Trinajstić information content (AvgIpc) is 2.46. The SMILES string of the molecule is C=C.CCCCC.CNC(SC)c1ccc(C)cc1. The second-order valence-electron chi connectivity index (χ2n) is 4.17. The van der Waals surface area contributed by atoms with Gasteiger partial charge >= 0.3 is 0 Å². The molecular weight excluding hydrogens is 250 g/mol. The normalized spacial score (nSPS) is 10.6. The molecule has 1 atom stereocenters. The van der Waals surface area contributed by atoms with Crippen LogP contribution in [0.15, 0.2) is 37.4 Å². The van der Waals surface area contributed by atoms with Crippen LogP contribution in [0.2, 0.25) is 0 Å². The molecule has 0 aliphatic rings. The Kier molecular flexibility index (Phi) is 16.6. The molecule has 1 aromatic carbocycles. The van der Waals surface area contributed by atoms with Crippen LogP contribution in [0, 0.1) is 6.92 Å². The monoisotopic (exact) mass is 281 g/mol. The third-order valence-electron chi connectivity index (χ3n) is 2.59. The molecule has 0 saturated heterocycles. The third-order valence-corrected chi connectivity index (χ3v) is 3.56. The van der Waals surface area contributed by atoms with Gasteiger partial charge in [-0.25, -0.2) is 0 Å². The van der Waals surface area contributed by atoms with Crippen molar-refractivity contribution < 1.29 is 0 Å². The highest BCUT2D eigenvalue weighted by Crippen LogP contribution is 2.22. The maximum atomic E-state index is 3.25. The Morgan fingerprint density at radius 3 is 1.84 bits per heavy atom. The second-order valence-corrected chi connectivity index (χ2v) is 5.11. The number of rotatable bonds is 5. The summed E-state index contributed by atoms with van der Waals surface area (Å²) in [6.07, 6.45) is 6.19. The van der Waals surface area contributed by atoms with Gasteiger partial charge in [-0.3, -0.25) is 0 Å². The smallest absolute Gasteiger partial charge is 0.0784 e. The van der Waals surface area contributed by atoms with E-state index in [0.717, 1.165) is 0 Å². The fraction of sp³-hybridized carbons (Fsp3) is 0.529. The summed E-state index contributed by atoms with van der Waals surface area (Å²) in [4.78, 5) is 0. The van der Waals surface area contributed by atoms with Crippen LogP contribution < -0.4 is 5.32 Å². The van der Waals surface area contributed by atoms with Crippen LogP contribution >= 0.6 is 11.8 Å². The summed E-state index contributed by atoms with van der Waals surface area (Å²) in [5.74, 6) is 0. The van der Waals surface area contributed by atoms with Crippen molar-refractivity contribution in [3.05, 3.63) is 48.6 Å². The third kappa shape index (κ3) is 10.8. The molecule has 1 rings (SSSR count). The predicted octanol–water partition coefficient (Wildman–Crippen LogP) is 5.57. The molecule has 0 aromatic heterocycles. The Balaban J connectivity index is 0. The lowest BCUT2D eigenvalue weighted by Gasteiger charge is -2.13. The van der Waals surface area contributed by atoms with Gasteiger partial charge in [0, 0.05) is 0 Å². The molecule has 1 aromatic rings. The van der Waals surface area contributed by atoms with E-state index in [2.05, 4.69) is 69.8 Å². The van der Waals surface area contributed by atoms with Gasteiger partial charge in [0.1, 0.15) is 0 Å². The first-order chi connectivity index (χ1) is 9.19. The fourth-order valence-corrected chi connectivity index (χ4v) is 2.18. The summed E-state index contributed by atoms with van der Waals surface area (Å²) in [6.45, 7) is 12.5.